The quantitative estimate of drug-likeness (QED) is 0.814. The molecule has 6 nitrogen and oxygen atoms in total. The molecule has 2 N–H and O–H groups in total. The Bertz CT molecular complexity index is 746. The number of aliphatic hydroxyl groups is 1. The second kappa shape index (κ2) is 5.75. The van der Waals surface area contributed by atoms with E-state index in [4.69, 9.17) is 16.3 Å². The van der Waals surface area contributed by atoms with Crippen LogP contribution in [0.15, 0.2) is 21.5 Å². The number of nitrogens with one attached hydrogen (secondary N) is 1. The normalized spacial score (nSPS) is 40.2. The van der Waals surface area contributed by atoms with Gasteiger partial charge in [0.15, 0.2) is 5.60 Å². The first-order valence-corrected chi connectivity index (χ1v) is 9.13. The molecule has 25 heavy (non-hydrogen) atoms. The molecule has 4 rings (SSSR count). The summed E-state index contributed by atoms with van der Waals surface area (Å²) in [7, 11) is 0. The number of ether oxygens (including phenoxy) is 1. The lowest BCUT2D eigenvalue weighted by Gasteiger charge is -2.49. The van der Waals surface area contributed by atoms with Crippen molar-refractivity contribution in [3.63, 3.8) is 0 Å². The molecule has 0 amide bonds. The van der Waals surface area contributed by atoms with Gasteiger partial charge in [-0.1, -0.05) is 11.6 Å². The molecule has 1 fully saturated rings. The standard InChI is InChI=1S/C15H17ClF2N4O2S/c1-13(6-20-22-21-13)9-5-14(2-3-19-9)11-8(4-10(16)25-11)15(23,7-24-14)12(17)18/h4,6,9,12,19,23H,2-3,5,7H2,1H3/t9-,13?,14-,15?/m0/s1. The molecule has 3 aliphatic heterocycles. The van der Waals surface area contributed by atoms with E-state index in [2.05, 4.69) is 20.8 Å². The van der Waals surface area contributed by atoms with Crippen molar-refractivity contribution in [1.82, 2.24) is 5.32 Å². The predicted octanol–water partition coefficient (Wildman–Crippen LogP) is 3.04. The number of hydrogen-bond acceptors (Lipinski definition) is 7. The minimum atomic E-state index is -2.96. The molecule has 136 valence electrons. The number of fused-ring (bicyclic) bond motifs is 2. The molecular weight excluding hydrogens is 374 g/mol. The van der Waals surface area contributed by atoms with Gasteiger partial charge in [-0.3, -0.25) is 0 Å². The Kier molecular flexibility index (Phi) is 4.01. The molecule has 4 heterocycles. The Labute approximate surface area is 151 Å². The largest absolute Gasteiger partial charge is 0.377 e. The smallest absolute Gasteiger partial charge is 0.273 e. The summed E-state index contributed by atoms with van der Waals surface area (Å²) in [6, 6.07) is 1.32. The molecular formula is C15H17ClF2N4O2S. The summed E-state index contributed by atoms with van der Waals surface area (Å²) in [4.78, 5) is 0.577. The highest BCUT2D eigenvalue weighted by atomic mass is 35.5. The van der Waals surface area contributed by atoms with Crippen LogP contribution < -0.4 is 5.32 Å². The van der Waals surface area contributed by atoms with Gasteiger partial charge in [0.05, 0.1) is 17.2 Å². The van der Waals surface area contributed by atoms with Crippen molar-refractivity contribution in [2.45, 2.75) is 49.0 Å². The lowest BCUT2D eigenvalue weighted by molar-refractivity contribution is -0.205. The van der Waals surface area contributed by atoms with Crippen molar-refractivity contribution in [2.75, 3.05) is 13.2 Å². The van der Waals surface area contributed by atoms with Crippen LogP contribution in [0.1, 0.15) is 30.2 Å². The van der Waals surface area contributed by atoms with Gasteiger partial charge in [-0.25, -0.2) is 8.78 Å². The zero-order valence-electron chi connectivity index (χ0n) is 13.4. The highest BCUT2D eigenvalue weighted by molar-refractivity contribution is 7.16. The van der Waals surface area contributed by atoms with Gasteiger partial charge in [0.1, 0.15) is 11.1 Å². The van der Waals surface area contributed by atoms with Crippen molar-refractivity contribution in [2.24, 2.45) is 15.4 Å². The zero-order chi connectivity index (χ0) is 17.9. The Morgan fingerprint density at radius 1 is 1.52 bits per heavy atom. The van der Waals surface area contributed by atoms with Crippen LogP contribution in [-0.4, -0.2) is 42.5 Å². The summed E-state index contributed by atoms with van der Waals surface area (Å²) in [6.45, 7) is 2.06. The Morgan fingerprint density at radius 2 is 2.32 bits per heavy atom. The van der Waals surface area contributed by atoms with Gasteiger partial charge >= 0.3 is 0 Å². The van der Waals surface area contributed by atoms with Gasteiger partial charge in [0, 0.05) is 16.5 Å². The molecule has 0 bridgehead atoms. The van der Waals surface area contributed by atoms with Crippen LogP contribution in [0.2, 0.25) is 4.34 Å². The molecule has 1 aromatic rings. The van der Waals surface area contributed by atoms with Crippen LogP contribution in [-0.2, 0) is 15.9 Å². The molecule has 1 spiro atoms. The zero-order valence-corrected chi connectivity index (χ0v) is 14.9. The summed E-state index contributed by atoms with van der Waals surface area (Å²) < 4.78 is 33.3. The highest BCUT2D eigenvalue weighted by Gasteiger charge is 2.56. The predicted molar refractivity (Wildman–Crippen MR) is 89.6 cm³/mol. The Balaban J connectivity index is 1.74. The van der Waals surface area contributed by atoms with E-state index in [1.807, 2.05) is 6.92 Å². The number of piperidine rings is 1. The summed E-state index contributed by atoms with van der Waals surface area (Å²) in [5, 5.41) is 25.6. The average Bonchev–Trinajstić information content (AvgIpc) is 3.19. The van der Waals surface area contributed by atoms with Gasteiger partial charge in [0.2, 0.25) is 0 Å². The maximum absolute atomic E-state index is 13.5. The van der Waals surface area contributed by atoms with Crippen LogP contribution in [0.3, 0.4) is 0 Å². The molecule has 1 aromatic heterocycles. The lowest BCUT2D eigenvalue weighted by Crippen LogP contribution is -2.59. The highest BCUT2D eigenvalue weighted by Crippen LogP contribution is 2.53. The van der Waals surface area contributed by atoms with Crippen LogP contribution >= 0.6 is 22.9 Å². The van der Waals surface area contributed by atoms with E-state index in [-0.39, 0.29) is 11.6 Å². The number of thiophene rings is 1. The van der Waals surface area contributed by atoms with Crippen LogP contribution in [0, 0.1) is 0 Å². The van der Waals surface area contributed by atoms with E-state index in [0.29, 0.717) is 28.6 Å². The van der Waals surface area contributed by atoms with Crippen molar-refractivity contribution >= 4 is 29.2 Å². The number of hydrogen-bond donors (Lipinski definition) is 2. The fourth-order valence-corrected chi connectivity index (χ4v) is 5.23. The SMILES string of the molecule is CC1([C@@H]2C[C@]3(CCN2)OCC(O)(C(F)F)c2cc(Cl)sc23)C=NN=N1. The third-order valence-electron chi connectivity index (χ3n) is 5.30. The van der Waals surface area contributed by atoms with Gasteiger partial charge in [0.25, 0.3) is 6.43 Å². The van der Waals surface area contributed by atoms with Crippen LogP contribution in [0.5, 0.6) is 0 Å². The van der Waals surface area contributed by atoms with Gasteiger partial charge < -0.3 is 15.2 Å². The molecule has 0 aliphatic carbocycles. The lowest BCUT2D eigenvalue weighted by atomic mass is 9.75. The molecule has 1 saturated heterocycles. The van der Waals surface area contributed by atoms with Crippen molar-refractivity contribution in [3.8, 4) is 0 Å². The fraction of sp³-hybridized carbons (Fsp3) is 0.667. The van der Waals surface area contributed by atoms with E-state index in [0.717, 1.165) is 0 Å². The Hall–Kier alpha value is -1.00. The monoisotopic (exact) mass is 390 g/mol. The second-order valence-corrected chi connectivity index (χ2v) is 8.61. The van der Waals surface area contributed by atoms with E-state index in [9.17, 15) is 13.9 Å². The molecule has 0 saturated carbocycles. The van der Waals surface area contributed by atoms with Crippen molar-refractivity contribution in [3.05, 3.63) is 20.8 Å². The van der Waals surface area contributed by atoms with Gasteiger partial charge in [-0.15, -0.1) is 16.4 Å². The molecule has 10 heteroatoms. The first-order valence-electron chi connectivity index (χ1n) is 7.94. The minimum absolute atomic E-state index is 0.122. The van der Waals surface area contributed by atoms with Crippen LogP contribution in [0.4, 0.5) is 8.78 Å². The maximum atomic E-state index is 13.5. The minimum Gasteiger partial charge on any atom is -0.377 e. The molecule has 2 unspecified atom stereocenters. The topological polar surface area (TPSA) is 78.6 Å². The third kappa shape index (κ3) is 2.56. The number of nitrogens with zero attached hydrogens (tertiary/aromatic N) is 3. The number of halogens is 3. The Morgan fingerprint density at radius 3 is 3.00 bits per heavy atom. The number of alkyl halides is 2. The van der Waals surface area contributed by atoms with Crippen molar-refractivity contribution < 1.29 is 18.6 Å². The number of rotatable bonds is 2. The van der Waals surface area contributed by atoms with E-state index >= 15 is 0 Å². The fourth-order valence-electron chi connectivity index (χ4n) is 3.75. The van der Waals surface area contributed by atoms with Gasteiger partial charge in [-0.2, -0.15) is 5.11 Å². The molecule has 3 aliphatic rings. The van der Waals surface area contributed by atoms with E-state index in [1.54, 1.807) is 6.21 Å². The van der Waals surface area contributed by atoms with Crippen molar-refractivity contribution in [1.29, 1.82) is 0 Å². The first kappa shape index (κ1) is 17.4. The van der Waals surface area contributed by atoms with Crippen LogP contribution in [0.25, 0.3) is 0 Å². The summed E-state index contributed by atoms with van der Waals surface area (Å²) in [5.41, 5.74) is -3.55. The van der Waals surface area contributed by atoms with Gasteiger partial charge in [-0.05, 0) is 37.6 Å². The summed E-state index contributed by atoms with van der Waals surface area (Å²) in [6.07, 6.45) is -0.195. The molecule has 4 atom stereocenters. The van der Waals surface area contributed by atoms with E-state index in [1.165, 1.54) is 17.4 Å². The average molecular weight is 391 g/mol. The maximum Gasteiger partial charge on any atom is 0.273 e. The third-order valence-corrected chi connectivity index (χ3v) is 6.75. The van der Waals surface area contributed by atoms with E-state index < -0.39 is 29.8 Å². The summed E-state index contributed by atoms with van der Waals surface area (Å²) in [5.74, 6) is 0. The first-order chi connectivity index (χ1) is 11.8. The molecule has 0 aromatic carbocycles. The summed E-state index contributed by atoms with van der Waals surface area (Å²) >= 11 is 7.30. The second-order valence-electron chi connectivity index (χ2n) is 6.92. The molecule has 0 radical (unpaired) electrons.